The topological polar surface area (TPSA) is 108 Å². The molecule has 8 nitrogen and oxygen atoms in total. The summed E-state index contributed by atoms with van der Waals surface area (Å²) in [5.74, 6) is -1.34. The van der Waals surface area contributed by atoms with E-state index >= 15 is 0 Å². The van der Waals surface area contributed by atoms with Crippen molar-refractivity contribution in [3.05, 3.63) is 0 Å². The number of likely N-dealkylation sites (N-methyl/N-ethyl adjacent to an activating group) is 1. The van der Waals surface area contributed by atoms with Crippen LogP contribution in [-0.4, -0.2) is 67.3 Å². The zero-order valence-corrected chi connectivity index (χ0v) is 12.4. The summed E-state index contributed by atoms with van der Waals surface area (Å²) < 4.78 is 4.85. The smallest absolute Gasteiger partial charge is 0.326 e. The highest BCUT2D eigenvalue weighted by molar-refractivity contribution is 5.86. The molecule has 8 heteroatoms. The van der Waals surface area contributed by atoms with Crippen LogP contribution in [0.25, 0.3) is 0 Å². The van der Waals surface area contributed by atoms with Gasteiger partial charge in [-0.3, -0.25) is 4.79 Å². The molecule has 0 aliphatic heterocycles. The van der Waals surface area contributed by atoms with Crippen LogP contribution in [0.2, 0.25) is 0 Å². The van der Waals surface area contributed by atoms with Gasteiger partial charge in [-0.2, -0.15) is 0 Å². The predicted octanol–water partition coefficient (Wildman–Crippen LogP) is -0.214. The number of amides is 3. The standard InChI is InChI=1S/C13H23N3O5/c1-16(8-11(17)14-9-5-6-9)13(20)15-10(12(18)19)4-3-7-21-2/h9-10H,3-8H2,1-2H3,(H,14,17)(H,15,20)(H,18,19). The molecule has 1 atom stereocenters. The Balaban J connectivity index is 2.35. The van der Waals surface area contributed by atoms with E-state index in [4.69, 9.17) is 9.84 Å². The second-order valence-electron chi connectivity index (χ2n) is 5.17. The Hall–Kier alpha value is -1.83. The minimum Gasteiger partial charge on any atom is -0.480 e. The van der Waals surface area contributed by atoms with Crippen LogP contribution in [0.5, 0.6) is 0 Å². The van der Waals surface area contributed by atoms with Gasteiger partial charge in [-0.1, -0.05) is 0 Å². The first-order valence-electron chi connectivity index (χ1n) is 6.96. The predicted molar refractivity (Wildman–Crippen MR) is 74.9 cm³/mol. The number of carbonyl (C=O) groups is 3. The molecule has 1 saturated carbocycles. The van der Waals surface area contributed by atoms with Gasteiger partial charge < -0.3 is 25.4 Å². The normalized spacial score (nSPS) is 15.1. The largest absolute Gasteiger partial charge is 0.480 e. The molecule has 0 aromatic rings. The third-order valence-electron chi connectivity index (χ3n) is 3.11. The molecular formula is C13H23N3O5. The van der Waals surface area contributed by atoms with E-state index in [9.17, 15) is 14.4 Å². The molecule has 0 spiro atoms. The Morgan fingerprint density at radius 3 is 2.57 bits per heavy atom. The lowest BCUT2D eigenvalue weighted by Gasteiger charge is -2.21. The van der Waals surface area contributed by atoms with Crippen molar-refractivity contribution in [2.75, 3.05) is 27.3 Å². The SMILES string of the molecule is COCCCC(NC(=O)N(C)CC(=O)NC1CC1)C(=O)O. The van der Waals surface area contributed by atoms with E-state index < -0.39 is 18.0 Å². The van der Waals surface area contributed by atoms with Gasteiger partial charge in [0.25, 0.3) is 0 Å². The van der Waals surface area contributed by atoms with Gasteiger partial charge in [0, 0.05) is 26.8 Å². The van der Waals surface area contributed by atoms with Crippen LogP contribution in [0.3, 0.4) is 0 Å². The molecule has 0 bridgehead atoms. The number of aliphatic carboxylic acids is 1. The Bertz CT molecular complexity index is 384. The van der Waals surface area contributed by atoms with Gasteiger partial charge >= 0.3 is 12.0 Å². The van der Waals surface area contributed by atoms with Gasteiger partial charge in [-0.15, -0.1) is 0 Å². The second kappa shape index (κ2) is 8.46. The quantitative estimate of drug-likeness (QED) is 0.511. The van der Waals surface area contributed by atoms with Crippen molar-refractivity contribution in [3.63, 3.8) is 0 Å². The number of carboxylic acids is 1. The van der Waals surface area contributed by atoms with E-state index in [-0.39, 0.29) is 24.9 Å². The fourth-order valence-corrected chi connectivity index (χ4v) is 1.74. The van der Waals surface area contributed by atoms with Crippen molar-refractivity contribution in [2.24, 2.45) is 0 Å². The van der Waals surface area contributed by atoms with Gasteiger partial charge in [0.2, 0.25) is 5.91 Å². The number of ether oxygens (including phenoxy) is 1. The number of urea groups is 1. The molecule has 21 heavy (non-hydrogen) atoms. The molecule has 120 valence electrons. The van der Waals surface area contributed by atoms with Crippen LogP contribution in [0.15, 0.2) is 0 Å². The van der Waals surface area contributed by atoms with Crippen molar-refractivity contribution in [1.82, 2.24) is 15.5 Å². The molecule has 3 N–H and O–H groups in total. The van der Waals surface area contributed by atoms with Crippen molar-refractivity contribution in [3.8, 4) is 0 Å². The lowest BCUT2D eigenvalue weighted by Crippen LogP contribution is -2.49. The van der Waals surface area contributed by atoms with Crippen LogP contribution < -0.4 is 10.6 Å². The second-order valence-corrected chi connectivity index (χ2v) is 5.17. The molecule has 1 unspecified atom stereocenters. The van der Waals surface area contributed by atoms with Crippen LogP contribution in [-0.2, 0) is 14.3 Å². The highest BCUT2D eigenvalue weighted by Gasteiger charge is 2.25. The Morgan fingerprint density at radius 1 is 1.38 bits per heavy atom. The third kappa shape index (κ3) is 6.94. The maximum Gasteiger partial charge on any atom is 0.326 e. The van der Waals surface area contributed by atoms with E-state index in [0.717, 1.165) is 12.8 Å². The number of hydrogen-bond donors (Lipinski definition) is 3. The molecule has 0 radical (unpaired) electrons. The summed E-state index contributed by atoms with van der Waals surface area (Å²) in [6, 6.07) is -1.33. The molecule has 0 saturated heterocycles. The number of carboxylic acid groups (broad SMARTS) is 1. The molecular weight excluding hydrogens is 278 g/mol. The van der Waals surface area contributed by atoms with E-state index in [1.165, 1.54) is 19.1 Å². The summed E-state index contributed by atoms with van der Waals surface area (Å²) in [7, 11) is 2.98. The average molecular weight is 301 g/mol. The number of methoxy groups -OCH3 is 1. The van der Waals surface area contributed by atoms with Crippen molar-refractivity contribution >= 4 is 17.9 Å². The Kier molecular flexibility index (Phi) is 6.93. The summed E-state index contributed by atoms with van der Waals surface area (Å²) in [5.41, 5.74) is 0. The fraction of sp³-hybridized carbons (Fsp3) is 0.769. The number of nitrogens with zero attached hydrogens (tertiary/aromatic N) is 1. The molecule has 1 rings (SSSR count). The molecule has 0 aromatic heterocycles. The van der Waals surface area contributed by atoms with E-state index in [2.05, 4.69) is 10.6 Å². The number of hydrogen-bond acceptors (Lipinski definition) is 4. The number of nitrogens with one attached hydrogen (secondary N) is 2. The first kappa shape index (κ1) is 17.2. The highest BCUT2D eigenvalue weighted by atomic mass is 16.5. The number of rotatable bonds is 9. The van der Waals surface area contributed by atoms with Crippen LogP contribution in [0.4, 0.5) is 4.79 Å². The molecule has 1 aliphatic carbocycles. The maximum atomic E-state index is 11.9. The van der Waals surface area contributed by atoms with E-state index in [0.29, 0.717) is 13.0 Å². The van der Waals surface area contributed by atoms with Gasteiger partial charge in [0.15, 0.2) is 0 Å². The minimum absolute atomic E-state index is 0.0905. The fourth-order valence-electron chi connectivity index (χ4n) is 1.74. The zero-order chi connectivity index (χ0) is 15.8. The van der Waals surface area contributed by atoms with Crippen molar-refractivity contribution in [1.29, 1.82) is 0 Å². The van der Waals surface area contributed by atoms with Crippen LogP contribution in [0.1, 0.15) is 25.7 Å². The Morgan fingerprint density at radius 2 is 2.05 bits per heavy atom. The van der Waals surface area contributed by atoms with Gasteiger partial charge in [-0.25, -0.2) is 9.59 Å². The highest BCUT2D eigenvalue weighted by Crippen LogP contribution is 2.18. The van der Waals surface area contributed by atoms with Crippen molar-refractivity contribution < 1.29 is 24.2 Å². The van der Waals surface area contributed by atoms with Crippen molar-refractivity contribution in [2.45, 2.75) is 37.8 Å². The number of carbonyl (C=O) groups excluding carboxylic acids is 2. The summed E-state index contributed by atoms with van der Waals surface area (Å²) in [5, 5.41) is 14.2. The van der Waals surface area contributed by atoms with Crippen LogP contribution in [0, 0.1) is 0 Å². The van der Waals surface area contributed by atoms with E-state index in [1.54, 1.807) is 0 Å². The summed E-state index contributed by atoms with van der Waals surface area (Å²) >= 11 is 0. The first-order valence-corrected chi connectivity index (χ1v) is 6.96. The third-order valence-corrected chi connectivity index (χ3v) is 3.11. The minimum atomic E-state index is -1.10. The van der Waals surface area contributed by atoms with E-state index in [1.807, 2.05) is 0 Å². The molecule has 1 aliphatic rings. The molecule has 0 aromatic carbocycles. The summed E-state index contributed by atoms with van der Waals surface area (Å²) in [6.07, 6.45) is 2.75. The zero-order valence-electron chi connectivity index (χ0n) is 12.4. The monoisotopic (exact) mass is 301 g/mol. The summed E-state index contributed by atoms with van der Waals surface area (Å²) in [6.45, 7) is 0.339. The lowest BCUT2D eigenvalue weighted by atomic mass is 10.1. The van der Waals surface area contributed by atoms with Gasteiger partial charge in [0.1, 0.15) is 12.6 Å². The maximum absolute atomic E-state index is 11.9. The van der Waals surface area contributed by atoms with Gasteiger partial charge in [0.05, 0.1) is 0 Å². The molecule has 1 fully saturated rings. The first-order chi connectivity index (χ1) is 9.93. The Labute approximate surface area is 123 Å². The van der Waals surface area contributed by atoms with Gasteiger partial charge in [-0.05, 0) is 25.7 Å². The molecule has 0 heterocycles. The van der Waals surface area contributed by atoms with Crippen LogP contribution >= 0.6 is 0 Å². The molecule has 3 amide bonds. The lowest BCUT2D eigenvalue weighted by molar-refractivity contribution is -0.139. The summed E-state index contributed by atoms with van der Waals surface area (Å²) in [4.78, 5) is 35.7. The average Bonchev–Trinajstić information content (AvgIpc) is 3.20.